The number of amides is 2. The third-order valence-electron chi connectivity index (χ3n) is 3.44. The van der Waals surface area contributed by atoms with Crippen molar-refractivity contribution in [1.82, 2.24) is 10.6 Å². The molecular weight excluding hydrogens is 292 g/mol. The van der Waals surface area contributed by atoms with Crippen LogP contribution in [0.4, 0.5) is 4.79 Å². The molecule has 0 unspecified atom stereocenters. The number of benzene rings is 2. The van der Waals surface area contributed by atoms with Gasteiger partial charge in [-0.3, -0.25) is 0 Å². The maximum atomic E-state index is 11.9. The Morgan fingerprint density at radius 1 is 0.913 bits per heavy atom. The van der Waals surface area contributed by atoms with E-state index in [1.807, 2.05) is 43.3 Å². The van der Waals surface area contributed by atoms with Gasteiger partial charge in [0.25, 0.3) is 0 Å². The second-order valence-corrected chi connectivity index (χ2v) is 5.21. The first-order valence-electron chi connectivity index (χ1n) is 7.40. The van der Waals surface area contributed by atoms with Crippen LogP contribution in [0.25, 0.3) is 0 Å². The van der Waals surface area contributed by atoms with Crippen LogP contribution in [-0.4, -0.2) is 20.3 Å². The predicted molar refractivity (Wildman–Crippen MR) is 89.8 cm³/mol. The highest BCUT2D eigenvalue weighted by molar-refractivity contribution is 5.73. The lowest BCUT2D eigenvalue weighted by Gasteiger charge is -2.11. The second kappa shape index (κ2) is 8.08. The Hall–Kier alpha value is -2.69. The number of nitrogens with one attached hydrogen (secondary N) is 2. The number of aryl methyl sites for hydroxylation is 1. The fourth-order valence-electron chi connectivity index (χ4n) is 2.24. The molecule has 122 valence electrons. The summed E-state index contributed by atoms with van der Waals surface area (Å²) < 4.78 is 10.4. The maximum absolute atomic E-state index is 11.9. The lowest BCUT2D eigenvalue weighted by atomic mass is 10.1. The van der Waals surface area contributed by atoms with Gasteiger partial charge in [-0.25, -0.2) is 4.79 Å². The first kappa shape index (κ1) is 16.7. The van der Waals surface area contributed by atoms with Crippen molar-refractivity contribution in [3.05, 3.63) is 59.2 Å². The third-order valence-corrected chi connectivity index (χ3v) is 3.44. The van der Waals surface area contributed by atoms with E-state index in [-0.39, 0.29) is 6.03 Å². The van der Waals surface area contributed by atoms with E-state index in [2.05, 4.69) is 16.7 Å². The van der Waals surface area contributed by atoms with Crippen molar-refractivity contribution >= 4 is 6.03 Å². The normalized spacial score (nSPS) is 10.0. The lowest BCUT2D eigenvalue weighted by Crippen LogP contribution is -2.34. The van der Waals surface area contributed by atoms with Crippen LogP contribution in [0, 0.1) is 6.92 Å². The average molecular weight is 314 g/mol. The molecule has 5 heteroatoms. The van der Waals surface area contributed by atoms with Gasteiger partial charge in [0.1, 0.15) is 0 Å². The van der Waals surface area contributed by atoms with E-state index in [0.29, 0.717) is 24.6 Å². The quantitative estimate of drug-likeness (QED) is 0.861. The van der Waals surface area contributed by atoms with Crippen molar-refractivity contribution in [3.63, 3.8) is 0 Å². The summed E-state index contributed by atoms with van der Waals surface area (Å²) in [6, 6.07) is 13.4. The fraction of sp³-hybridized carbons (Fsp3) is 0.278. The molecule has 2 aromatic carbocycles. The van der Waals surface area contributed by atoms with Gasteiger partial charge in [-0.15, -0.1) is 0 Å². The van der Waals surface area contributed by atoms with Crippen molar-refractivity contribution < 1.29 is 14.3 Å². The van der Waals surface area contributed by atoms with Crippen LogP contribution in [-0.2, 0) is 13.1 Å². The molecule has 0 aliphatic heterocycles. The number of carbonyl (C=O) groups excluding carboxylic acids is 1. The summed E-state index contributed by atoms with van der Waals surface area (Å²) in [6.07, 6.45) is 0. The SMILES string of the molecule is COc1ccc(CNC(=O)NCc2cccc(C)c2)cc1OC. The molecule has 0 saturated carbocycles. The Kier molecular flexibility index (Phi) is 5.86. The molecule has 23 heavy (non-hydrogen) atoms. The van der Waals surface area contributed by atoms with E-state index in [1.54, 1.807) is 14.2 Å². The van der Waals surface area contributed by atoms with Crippen molar-refractivity contribution in [2.75, 3.05) is 14.2 Å². The smallest absolute Gasteiger partial charge is 0.315 e. The van der Waals surface area contributed by atoms with Crippen LogP contribution in [0.5, 0.6) is 11.5 Å². The molecule has 0 fully saturated rings. The number of methoxy groups -OCH3 is 2. The molecule has 0 bridgehead atoms. The topological polar surface area (TPSA) is 59.6 Å². The number of hydrogen-bond donors (Lipinski definition) is 2. The van der Waals surface area contributed by atoms with Gasteiger partial charge in [-0.1, -0.05) is 35.9 Å². The minimum Gasteiger partial charge on any atom is -0.493 e. The molecule has 0 aliphatic carbocycles. The highest BCUT2D eigenvalue weighted by atomic mass is 16.5. The number of ether oxygens (including phenoxy) is 2. The van der Waals surface area contributed by atoms with Crippen LogP contribution in [0.3, 0.4) is 0 Å². The summed E-state index contributed by atoms with van der Waals surface area (Å²) in [4.78, 5) is 11.9. The average Bonchev–Trinajstić information content (AvgIpc) is 2.57. The number of urea groups is 1. The summed E-state index contributed by atoms with van der Waals surface area (Å²) in [5, 5.41) is 5.67. The van der Waals surface area contributed by atoms with Crippen molar-refractivity contribution in [2.24, 2.45) is 0 Å². The molecule has 0 aliphatic rings. The zero-order valence-corrected chi connectivity index (χ0v) is 13.7. The fourth-order valence-corrected chi connectivity index (χ4v) is 2.24. The van der Waals surface area contributed by atoms with Gasteiger partial charge < -0.3 is 20.1 Å². The van der Waals surface area contributed by atoms with Crippen LogP contribution in [0.15, 0.2) is 42.5 Å². The zero-order chi connectivity index (χ0) is 16.7. The third kappa shape index (κ3) is 4.92. The largest absolute Gasteiger partial charge is 0.493 e. The van der Waals surface area contributed by atoms with Crippen LogP contribution < -0.4 is 20.1 Å². The zero-order valence-electron chi connectivity index (χ0n) is 13.7. The Morgan fingerprint density at radius 3 is 2.17 bits per heavy atom. The molecule has 2 rings (SSSR count). The minimum absolute atomic E-state index is 0.207. The van der Waals surface area contributed by atoms with Crippen molar-refractivity contribution in [1.29, 1.82) is 0 Å². The predicted octanol–water partition coefficient (Wildman–Crippen LogP) is 3.01. The van der Waals surface area contributed by atoms with Gasteiger partial charge in [0, 0.05) is 13.1 Å². The van der Waals surface area contributed by atoms with E-state index in [4.69, 9.17) is 9.47 Å². The number of rotatable bonds is 6. The van der Waals surface area contributed by atoms with Crippen molar-refractivity contribution in [3.8, 4) is 11.5 Å². The molecule has 0 saturated heterocycles. The van der Waals surface area contributed by atoms with Gasteiger partial charge >= 0.3 is 6.03 Å². The van der Waals surface area contributed by atoms with Crippen molar-refractivity contribution in [2.45, 2.75) is 20.0 Å². The molecule has 5 nitrogen and oxygen atoms in total. The Morgan fingerprint density at radius 2 is 1.57 bits per heavy atom. The summed E-state index contributed by atoms with van der Waals surface area (Å²) in [5.74, 6) is 1.31. The maximum Gasteiger partial charge on any atom is 0.315 e. The molecule has 2 aromatic rings. The van der Waals surface area contributed by atoms with Gasteiger partial charge in [0.05, 0.1) is 14.2 Å². The molecule has 2 amide bonds. The highest BCUT2D eigenvalue weighted by Crippen LogP contribution is 2.27. The monoisotopic (exact) mass is 314 g/mol. The standard InChI is InChI=1S/C18H22N2O3/c1-13-5-4-6-14(9-13)11-19-18(21)20-12-15-7-8-16(22-2)17(10-15)23-3/h4-10H,11-12H2,1-3H3,(H2,19,20,21). The molecular formula is C18H22N2O3. The van der Waals surface area contributed by atoms with Crippen LogP contribution >= 0.6 is 0 Å². The van der Waals surface area contributed by atoms with E-state index >= 15 is 0 Å². The molecule has 2 N–H and O–H groups in total. The Bertz CT molecular complexity index is 671. The second-order valence-electron chi connectivity index (χ2n) is 5.21. The molecule has 0 atom stereocenters. The summed E-state index contributed by atoms with van der Waals surface area (Å²) in [7, 11) is 3.18. The van der Waals surface area contributed by atoms with Gasteiger partial charge in [0.15, 0.2) is 11.5 Å². The van der Waals surface area contributed by atoms with E-state index < -0.39 is 0 Å². The van der Waals surface area contributed by atoms with E-state index in [0.717, 1.165) is 11.1 Å². The highest BCUT2D eigenvalue weighted by Gasteiger charge is 2.06. The van der Waals surface area contributed by atoms with Gasteiger partial charge in [0.2, 0.25) is 0 Å². The lowest BCUT2D eigenvalue weighted by molar-refractivity contribution is 0.240. The first-order valence-corrected chi connectivity index (χ1v) is 7.40. The molecule has 0 radical (unpaired) electrons. The summed E-state index contributed by atoms with van der Waals surface area (Å²) >= 11 is 0. The molecule has 0 aromatic heterocycles. The number of carbonyl (C=O) groups is 1. The Balaban J connectivity index is 1.84. The molecule has 0 heterocycles. The number of hydrogen-bond acceptors (Lipinski definition) is 3. The van der Waals surface area contributed by atoms with E-state index in [9.17, 15) is 4.79 Å². The summed E-state index contributed by atoms with van der Waals surface area (Å²) in [5.41, 5.74) is 3.19. The van der Waals surface area contributed by atoms with Crippen LogP contribution in [0.2, 0.25) is 0 Å². The van der Waals surface area contributed by atoms with E-state index in [1.165, 1.54) is 5.56 Å². The minimum atomic E-state index is -0.207. The summed E-state index contributed by atoms with van der Waals surface area (Å²) in [6.45, 7) is 2.94. The molecule has 0 spiro atoms. The van der Waals surface area contributed by atoms with Gasteiger partial charge in [-0.2, -0.15) is 0 Å². The Labute approximate surface area is 136 Å². The van der Waals surface area contributed by atoms with Crippen LogP contribution in [0.1, 0.15) is 16.7 Å². The first-order chi connectivity index (χ1) is 11.1. The van der Waals surface area contributed by atoms with Gasteiger partial charge in [-0.05, 0) is 30.2 Å².